The molecule has 1 atom stereocenters. The van der Waals surface area contributed by atoms with E-state index in [0.717, 1.165) is 13.0 Å². The Kier molecular flexibility index (Phi) is 5.13. The van der Waals surface area contributed by atoms with Gasteiger partial charge in [-0.25, -0.2) is 0 Å². The predicted molar refractivity (Wildman–Crippen MR) is 67.8 cm³/mol. The van der Waals surface area contributed by atoms with Gasteiger partial charge in [-0.1, -0.05) is 43.8 Å². The van der Waals surface area contributed by atoms with Crippen molar-refractivity contribution in [2.75, 3.05) is 6.54 Å². The quantitative estimate of drug-likeness (QED) is 0.746. The summed E-state index contributed by atoms with van der Waals surface area (Å²) in [5, 5.41) is 3.47. The molecule has 82 valence electrons. The van der Waals surface area contributed by atoms with Crippen molar-refractivity contribution in [2.24, 2.45) is 0 Å². The molecule has 0 saturated heterocycles. The van der Waals surface area contributed by atoms with Crippen molar-refractivity contribution in [3.05, 3.63) is 42.5 Å². The average Bonchev–Trinajstić information content (AvgIpc) is 2.29. The van der Waals surface area contributed by atoms with Gasteiger partial charge in [0, 0.05) is 6.04 Å². The molecule has 0 heterocycles. The summed E-state index contributed by atoms with van der Waals surface area (Å²) in [6.07, 6.45) is 2.20. The van der Waals surface area contributed by atoms with Crippen molar-refractivity contribution in [1.82, 2.24) is 5.32 Å². The number of hydrogen-bond donors (Lipinski definition) is 1. The zero-order chi connectivity index (χ0) is 11.1. The molecule has 0 radical (unpaired) electrons. The van der Waals surface area contributed by atoms with E-state index in [1.807, 2.05) is 6.07 Å². The molecule has 0 aromatic heterocycles. The van der Waals surface area contributed by atoms with Crippen LogP contribution in [0.15, 0.2) is 36.9 Å². The van der Waals surface area contributed by atoms with E-state index in [-0.39, 0.29) is 0 Å². The summed E-state index contributed by atoms with van der Waals surface area (Å²) in [5.74, 6) is 0. The lowest BCUT2D eigenvalue weighted by Crippen LogP contribution is -2.26. The van der Waals surface area contributed by atoms with Crippen LogP contribution >= 0.6 is 0 Å². The van der Waals surface area contributed by atoms with Crippen LogP contribution in [0.25, 0.3) is 5.57 Å². The topological polar surface area (TPSA) is 12.0 Å². The van der Waals surface area contributed by atoms with Gasteiger partial charge in [0.15, 0.2) is 0 Å². The van der Waals surface area contributed by atoms with Crippen molar-refractivity contribution in [1.29, 1.82) is 0 Å². The minimum Gasteiger partial charge on any atom is -0.314 e. The van der Waals surface area contributed by atoms with Crippen LogP contribution in [0.2, 0.25) is 0 Å². The van der Waals surface area contributed by atoms with Crippen LogP contribution in [0.4, 0.5) is 0 Å². The summed E-state index contributed by atoms with van der Waals surface area (Å²) in [7, 11) is 0. The molecule has 1 heteroatoms. The fourth-order valence-corrected chi connectivity index (χ4v) is 1.43. The van der Waals surface area contributed by atoms with Gasteiger partial charge in [0.1, 0.15) is 0 Å². The Morgan fingerprint density at radius 1 is 1.33 bits per heavy atom. The lowest BCUT2D eigenvalue weighted by Gasteiger charge is -2.12. The van der Waals surface area contributed by atoms with E-state index in [1.165, 1.54) is 17.6 Å². The summed E-state index contributed by atoms with van der Waals surface area (Å²) in [5.41, 5.74) is 2.47. The van der Waals surface area contributed by atoms with Gasteiger partial charge in [0.25, 0.3) is 0 Å². The fourth-order valence-electron chi connectivity index (χ4n) is 1.43. The second-order valence-corrected chi connectivity index (χ2v) is 3.98. The smallest absolute Gasteiger partial charge is 0.00362 e. The summed E-state index contributed by atoms with van der Waals surface area (Å²) in [4.78, 5) is 0. The van der Waals surface area contributed by atoms with Crippen molar-refractivity contribution in [3.63, 3.8) is 0 Å². The van der Waals surface area contributed by atoms with Crippen molar-refractivity contribution >= 4 is 5.57 Å². The molecule has 1 aromatic carbocycles. The van der Waals surface area contributed by atoms with Gasteiger partial charge in [-0.2, -0.15) is 0 Å². The molecule has 15 heavy (non-hydrogen) atoms. The van der Waals surface area contributed by atoms with Crippen LogP contribution in [0.1, 0.15) is 32.3 Å². The highest BCUT2D eigenvalue weighted by Crippen LogP contribution is 2.14. The van der Waals surface area contributed by atoms with E-state index in [9.17, 15) is 0 Å². The van der Waals surface area contributed by atoms with E-state index < -0.39 is 0 Å². The highest BCUT2D eigenvalue weighted by Gasteiger charge is 1.99. The first kappa shape index (κ1) is 12.0. The molecular weight excluding hydrogens is 182 g/mol. The van der Waals surface area contributed by atoms with Gasteiger partial charge < -0.3 is 5.32 Å². The Hall–Kier alpha value is -1.08. The highest BCUT2D eigenvalue weighted by molar-refractivity contribution is 5.63. The maximum absolute atomic E-state index is 4.11. The second-order valence-electron chi connectivity index (χ2n) is 3.98. The first-order valence-electron chi connectivity index (χ1n) is 5.70. The van der Waals surface area contributed by atoms with E-state index in [4.69, 9.17) is 0 Å². The molecule has 0 aliphatic heterocycles. The molecule has 0 fully saturated rings. The van der Waals surface area contributed by atoms with E-state index in [1.54, 1.807) is 0 Å². The van der Waals surface area contributed by atoms with Crippen molar-refractivity contribution < 1.29 is 0 Å². The number of rotatable bonds is 6. The Bertz CT molecular complexity index is 289. The van der Waals surface area contributed by atoms with Crippen LogP contribution in [-0.4, -0.2) is 12.6 Å². The van der Waals surface area contributed by atoms with E-state index >= 15 is 0 Å². The van der Waals surface area contributed by atoms with Gasteiger partial charge in [-0.3, -0.25) is 0 Å². The summed E-state index contributed by atoms with van der Waals surface area (Å²) in [6.45, 7) is 9.54. The Morgan fingerprint density at radius 3 is 2.60 bits per heavy atom. The maximum Gasteiger partial charge on any atom is 0.00362 e. The molecule has 1 N–H and O–H groups in total. The standard InChI is InChI=1S/C14H21N/c1-4-13(3)15-11-10-12(2)14-8-6-5-7-9-14/h5-9,13,15H,2,4,10-11H2,1,3H3. The zero-order valence-electron chi connectivity index (χ0n) is 9.79. The summed E-state index contributed by atoms with van der Waals surface area (Å²) in [6, 6.07) is 11.0. The van der Waals surface area contributed by atoms with Crippen LogP contribution < -0.4 is 5.32 Å². The molecule has 1 unspecified atom stereocenters. The Labute approximate surface area is 93.2 Å². The van der Waals surface area contributed by atoms with Crippen LogP contribution in [-0.2, 0) is 0 Å². The number of hydrogen-bond acceptors (Lipinski definition) is 1. The Morgan fingerprint density at radius 2 is 2.00 bits per heavy atom. The monoisotopic (exact) mass is 203 g/mol. The fraction of sp³-hybridized carbons (Fsp3) is 0.429. The lowest BCUT2D eigenvalue weighted by atomic mass is 10.0. The molecule has 0 aliphatic carbocycles. The van der Waals surface area contributed by atoms with Crippen molar-refractivity contribution in [3.8, 4) is 0 Å². The molecule has 0 bridgehead atoms. The summed E-state index contributed by atoms with van der Waals surface area (Å²) >= 11 is 0. The third-order valence-corrected chi connectivity index (χ3v) is 2.71. The normalized spacial score (nSPS) is 12.4. The molecule has 0 spiro atoms. The molecule has 0 amide bonds. The third kappa shape index (κ3) is 4.30. The average molecular weight is 203 g/mol. The zero-order valence-corrected chi connectivity index (χ0v) is 9.79. The Balaban J connectivity index is 2.31. The maximum atomic E-state index is 4.11. The third-order valence-electron chi connectivity index (χ3n) is 2.71. The summed E-state index contributed by atoms with van der Waals surface area (Å²) < 4.78 is 0. The molecule has 0 saturated carbocycles. The predicted octanol–water partition coefficient (Wildman–Crippen LogP) is 3.48. The first-order valence-corrected chi connectivity index (χ1v) is 5.70. The van der Waals surface area contributed by atoms with Crippen molar-refractivity contribution in [2.45, 2.75) is 32.7 Å². The van der Waals surface area contributed by atoms with Gasteiger partial charge in [-0.15, -0.1) is 0 Å². The molecule has 1 aromatic rings. The minimum atomic E-state index is 0.605. The molecule has 1 nitrogen and oxygen atoms in total. The number of benzene rings is 1. The van der Waals surface area contributed by atoms with Gasteiger partial charge in [0.2, 0.25) is 0 Å². The molecule has 1 rings (SSSR count). The van der Waals surface area contributed by atoms with Crippen LogP contribution in [0, 0.1) is 0 Å². The van der Waals surface area contributed by atoms with Crippen LogP contribution in [0.3, 0.4) is 0 Å². The van der Waals surface area contributed by atoms with Gasteiger partial charge >= 0.3 is 0 Å². The molecular formula is C14H21N. The van der Waals surface area contributed by atoms with E-state index in [2.05, 4.69) is 50.0 Å². The first-order chi connectivity index (χ1) is 7.24. The SMILES string of the molecule is C=C(CCNC(C)CC)c1ccccc1. The lowest BCUT2D eigenvalue weighted by molar-refractivity contribution is 0.542. The van der Waals surface area contributed by atoms with Gasteiger partial charge in [-0.05, 0) is 37.4 Å². The van der Waals surface area contributed by atoms with E-state index in [0.29, 0.717) is 6.04 Å². The number of nitrogens with one attached hydrogen (secondary N) is 1. The second kappa shape index (κ2) is 6.41. The molecule has 0 aliphatic rings. The largest absolute Gasteiger partial charge is 0.314 e. The van der Waals surface area contributed by atoms with Gasteiger partial charge in [0.05, 0.1) is 0 Å². The highest BCUT2D eigenvalue weighted by atomic mass is 14.9. The minimum absolute atomic E-state index is 0.605. The van der Waals surface area contributed by atoms with Crippen LogP contribution in [0.5, 0.6) is 0 Å².